The summed E-state index contributed by atoms with van der Waals surface area (Å²) in [4.78, 5) is 0. The maximum Gasteiger partial charge on any atom is 0.198 e. The molecule has 1 aliphatic rings. The summed E-state index contributed by atoms with van der Waals surface area (Å²) >= 11 is 6.01. The van der Waals surface area contributed by atoms with Gasteiger partial charge in [0.25, 0.3) is 0 Å². The highest BCUT2D eigenvalue weighted by Gasteiger charge is 2.60. The molecule has 1 saturated heterocycles. The van der Waals surface area contributed by atoms with Crippen LogP contribution in [-0.4, -0.2) is 56.5 Å². The second-order valence-corrected chi connectivity index (χ2v) is 6.04. The lowest BCUT2D eigenvalue weighted by molar-refractivity contribution is -0.265. The van der Waals surface area contributed by atoms with Gasteiger partial charge in [0, 0.05) is 6.42 Å². The zero-order valence-electron chi connectivity index (χ0n) is 11.9. The Labute approximate surface area is 128 Å². The van der Waals surface area contributed by atoms with E-state index in [0.29, 0.717) is 0 Å². The van der Waals surface area contributed by atoms with E-state index in [1.54, 1.807) is 0 Å². The fourth-order valence-corrected chi connectivity index (χ4v) is 2.91. The number of rotatable bonds is 4. The highest BCUT2D eigenvalue weighted by Crippen LogP contribution is 2.40. The average Bonchev–Trinajstić information content (AvgIpc) is 2.46. The largest absolute Gasteiger partial charge is 0.394 e. The quantitative estimate of drug-likeness (QED) is 0.596. The molecule has 21 heavy (non-hydrogen) atoms. The van der Waals surface area contributed by atoms with Gasteiger partial charge in [-0.05, 0) is 17.5 Å². The van der Waals surface area contributed by atoms with Gasteiger partial charge in [-0.15, -0.1) is 0 Å². The van der Waals surface area contributed by atoms with Gasteiger partial charge in [0.2, 0.25) is 0 Å². The normalized spacial score (nSPS) is 36.7. The summed E-state index contributed by atoms with van der Waals surface area (Å²) in [5.41, 5.74) is -0.132. The molecule has 0 bridgehead atoms. The molecule has 0 aliphatic carbocycles. The van der Waals surface area contributed by atoms with Crippen LogP contribution in [0.4, 0.5) is 0 Å². The Morgan fingerprint density at radius 1 is 1.24 bits per heavy atom. The summed E-state index contributed by atoms with van der Waals surface area (Å²) in [6.45, 7) is 1.28. The van der Waals surface area contributed by atoms with Crippen molar-refractivity contribution in [3.63, 3.8) is 0 Å². The first-order chi connectivity index (χ1) is 9.85. The predicted octanol–water partition coefficient (Wildman–Crippen LogP) is 0.202. The van der Waals surface area contributed by atoms with Crippen molar-refractivity contribution < 1.29 is 25.2 Å². The van der Waals surface area contributed by atoms with Crippen LogP contribution in [0.15, 0.2) is 24.3 Å². The van der Waals surface area contributed by atoms with Gasteiger partial charge in [-0.25, -0.2) is 0 Å². The smallest absolute Gasteiger partial charge is 0.198 e. The number of aliphatic hydroxyl groups is 4. The second-order valence-electron chi connectivity index (χ2n) is 5.46. The standard InChI is InChI=1S/C15H21ClO5/c1-2-10-3-5-11(6-4-10)7-14(19)12(18)9-21-13(8-17)15(14,16)20/h3-6,12-13,17-20H,2,7-9H2,1H3/t12-,13+,14+,15+/m0/s1. The zero-order valence-corrected chi connectivity index (χ0v) is 12.6. The van der Waals surface area contributed by atoms with Crippen LogP contribution in [0.3, 0.4) is 0 Å². The van der Waals surface area contributed by atoms with Gasteiger partial charge in [0.15, 0.2) is 5.06 Å². The van der Waals surface area contributed by atoms with Crippen LogP contribution in [0.5, 0.6) is 0 Å². The van der Waals surface area contributed by atoms with E-state index in [4.69, 9.17) is 16.3 Å². The van der Waals surface area contributed by atoms with E-state index in [1.807, 2.05) is 31.2 Å². The maximum absolute atomic E-state index is 10.7. The third-order valence-electron chi connectivity index (χ3n) is 4.11. The van der Waals surface area contributed by atoms with Gasteiger partial charge in [0.1, 0.15) is 17.8 Å². The minimum atomic E-state index is -2.27. The molecule has 6 heteroatoms. The van der Waals surface area contributed by atoms with E-state index < -0.39 is 29.5 Å². The summed E-state index contributed by atoms with van der Waals surface area (Å²) in [7, 11) is 0. The molecule has 4 atom stereocenters. The Morgan fingerprint density at radius 2 is 1.81 bits per heavy atom. The third-order valence-corrected chi connectivity index (χ3v) is 4.68. The van der Waals surface area contributed by atoms with E-state index in [-0.39, 0.29) is 13.0 Å². The number of alkyl halides is 1. The molecule has 118 valence electrons. The summed E-state index contributed by atoms with van der Waals surface area (Å²) in [5.74, 6) is 0. The van der Waals surface area contributed by atoms with Crippen molar-refractivity contribution in [1.29, 1.82) is 0 Å². The van der Waals surface area contributed by atoms with Gasteiger partial charge in [-0.3, -0.25) is 0 Å². The van der Waals surface area contributed by atoms with Gasteiger partial charge in [-0.1, -0.05) is 42.8 Å². The number of hydrogen-bond donors (Lipinski definition) is 4. The van der Waals surface area contributed by atoms with Crippen molar-refractivity contribution in [1.82, 2.24) is 0 Å². The first kappa shape index (κ1) is 16.7. The van der Waals surface area contributed by atoms with Crippen molar-refractivity contribution in [2.24, 2.45) is 0 Å². The molecule has 5 nitrogen and oxygen atoms in total. The summed E-state index contributed by atoms with van der Waals surface area (Å²) in [6, 6.07) is 7.47. The minimum absolute atomic E-state index is 0.0436. The number of aliphatic hydroxyl groups excluding tert-OH is 2. The van der Waals surface area contributed by atoms with Crippen molar-refractivity contribution in [3.8, 4) is 0 Å². The minimum Gasteiger partial charge on any atom is -0.394 e. The van der Waals surface area contributed by atoms with Crippen LogP contribution in [0.1, 0.15) is 18.1 Å². The fourth-order valence-electron chi connectivity index (χ4n) is 2.59. The van der Waals surface area contributed by atoms with Crippen LogP contribution < -0.4 is 0 Å². The monoisotopic (exact) mass is 316 g/mol. The Hall–Kier alpha value is -0.690. The lowest BCUT2D eigenvalue weighted by Crippen LogP contribution is -2.70. The molecule has 0 aromatic heterocycles. The van der Waals surface area contributed by atoms with Gasteiger partial charge < -0.3 is 25.2 Å². The van der Waals surface area contributed by atoms with E-state index in [2.05, 4.69) is 0 Å². The first-order valence-corrected chi connectivity index (χ1v) is 7.35. The highest BCUT2D eigenvalue weighted by molar-refractivity contribution is 6.24. The van der Waals surface area contributed by atoms with E-state index in [0.717, 1.165) is 17.5 Å². The number of hydrogen-bond acceptors (Lipinski definition) is 5. The molecule has 1 aromatic rings. The molecule has 1 aromatic carbocycles. The van der Waals surface area contributed by atoms with Crippen LogP contribution >= 0.6 is 11.6 Å². The Balaban J connectivity index is 2.28. The average molecular weight is 317 g/mol. The van der Waals surface area contributed by atoms with Crippen LogP contribution in [0, 0.1) is 0 Å². The van der Waals surface area contributed by atoms with Crippen molar-refractivity contribution in [2.45, 2.75) is 42.6 Å². The molecule has 0 spiro atoms. The molecule has 4 N–H and O–H groups in total. The van der Waals surface area contributed by atoms with Gasteiger partial charge in [0.05, 0.1) is 13.2 Å². The molecule has 0 amide bonds. The molecule has 0 saturated carbocycles. The van der Waals surface area contributed by atoms with E-state index in [9.17, 15) is 20.4 Å². The topological polar surface area (TPSA) is 90.2 Å². The lowest BCUT2D eigenvalue weighted by atomic mass is 9.79. The third kappa shape index (κ3) is 2.95. The van der Waals surface area contributed by atoms with Gasteiger partial charge in [-0.2, -0.15) is 0 Å². The first-order valence-electron chi connectivity index (χ1n) is 6.97. The lowest BCUT2D eigenvalue weighted by Gasteiger charge is -2.49. The summed E-state index contributed by atoms with van der Waals surface area (Å²) < 4.78 is 5.08. The Bertz CT molecular complexity index is 475. The Kier molecular flexibility index (Phi) is 4.92. The summed E-state index contributed by atoms with van der Waals surface area (Å²) in [6.07, 6.45) is -1.67. The highest BCUT2D eigenvalue weighted by atomic mass is 35.5. The number of ether oxygens (including phenoxy) is 1. The molecule has 1 fully saturated rings. The fraction of sp³-hybridized carbons (Fsp3) is 0.600. The van der Waals surface area contributed by atoms with Gasteiger partial charge >= 0.3 is 0 Å². The zero-order chi connectivity index (χ0) is 15.7. The molecule has 1 heterocycles. The summed E-state index contributed by atoms with van der Waals surface area (Å²) in [5, 5.41) is 38.1. The molecular formula is C15H21ClO5. The number of benzene rings is 1. The van der Waals surface area contributed by atoms with E-state index in [1.165, 1.54) is 0 Å². The predicted molar refractivity (Wildman–Crippen MR) is 78.1 cm³/mol. The van der Waals surface area contributed by atoms with Crippen molar-refractivity contribution >= 4 is 11.6 Å². The van der Waals surface area contributed by atoms with Crippen LogP contribution in [0.25, 0.3) is 0 Å². The molecule has 1 aliphatic heterocycles. The number of aryl methyl sites for hydroxylation is 1. The molecular weight excluding hydrogens is 296 g/mol. The van der Waals surface area contributed by atoms with Crippen LogP contribution in [-0.2, 0) is 17.6 Å². The van der Waals surface area contributed by atoms with Crippen LogP contribution in [0.2, 0.25) is 0 Å². The Morgan fingerprint density at radius 3 is 2.33 bits per heavy atom. The van der Waals surface area contributed by atoms with Crippen molar-refractivity contribution in [3.05, 3.63) is 35.4 Å². The molecule has 0 unspecified atom stereocenters. The second kappa shape index (κ2) is 6.20. The number of halogens is 1. The van der Waals surface area contributed by atoms with Crippen molar-refractivity contribution in [2.75, 3.05) is 13.2 Å². The van der Waals surface area contributed by atoms with E-state index >= 15 is 0 Å². The SMILES string of the molecule is CCc1ccc(C[C@@]2(O)[C@@H](O)CO[C@H](CO)[C@]2(O)Cl)cc1. The molecule has 2 rings (SSSR count). The molecule has 0 radical (unpaired) electrons. The maximum atomic E-state index is 10.7.